The van der Waals surface area contributed by atoms with E-state index in [0.29, 0.717) is 12.0 Å². The first-order valence-corrected chi connectivity index (χ1v) is 6.38. The lowest BCUT2D eigenvalue weighted by molar-refractivity contribution is 0.481. The van der Waals surface area contributed by atoms with Gasteiger partial charge in [-0.05, 0) is 25.0 Å². The average Bonchev–Trinajstić information content (AvgIpc) is 2.17. The van der Waals surface area contributed by atoms with E-state index in [-0.39, 0.29) is 10.8 Å². The Hall–Kier alpha value is -1.31. The van der Waals surface area contributed by atoms with E-state index in [0.717, 1.165) is 5.56 Å². The molecule has 0 amide bonds. The van der Waals surface area contributed by atoms with Gasteiger partial charge in [0, 0.05) is 5.92 Å². The van der Waals surface area contributed by atoms with E-state index < -0.39 is 10.1 Å². The molecule has 0 aliphatic heterocycles. The standard InChI is InChI=1S/C12H14O3S/c1-4-10(5-2)11-8-9(3)6-7-12(11)16(13,14)15/h1,6-8,10H,5H2,2-3H3,(H,13,14,15). The molecule has 3 nitrogen and oxygen atoms in total. The Morgan fingerprint density at radius 1 is 1.50 bits per heavy atom. The zero-order chi connectivity index (χ0) is 12.3. The topological polar surface area (TPSA) is 54.4 Å². The summed E-state index contributed by atoms with van der Waals surface area (Å²) in [6.07, 6.45) is 5.98. The fourth-order valence-corrected chi connectivity index (χ4v) is 2.34. The van der Waals surface area contributed by atoms with Gasteiger partial charge in [0.15, 0.2) is 0 Å². The van der Waals surface area contributed by atoms with Crippen molar-refractivity contribution in [3.8, 4) is 12.3 Å². The van der Waals surface area contributed by atoms with E-state index in [1.165, 1.54) is 6.07 Å². The third kappa shape index (κ3) is 2.63. The second-order valence-electron chi connectivity index (χ2n) is 3.64. The van der Waals surface area contributed by atoms with E-state index in [2.05, 4.69) is 5.92 Å². The number of terminal acetylenes is 1. The fourth-order valence-electron chi connectivity index (χ4n) is 1.60. The highest BCUT2D eigenvalue weighted by Gasteiger charge is 2.19. The lowest BCUT2D eigenvalue weighted by Gasteiger charge is -2.13. The minimum atomic E-state index is -4.21. The van der Waals surface area contributed by atoms with Crippen LogP contribution in [0.3, 0.4) is 0 Å². The quantitative estimate of drug-likeness (QED) is 0.649. The molecule has 0 saturated heterocycles. The van der Waals surface area contributed by atoms with E-state index in [9.17, 15) is 8.42 Å². The average molecular weight is 238 g/mol. The SMILES string of the molecule is C#CC(CC)c1cc(C)ccc1S(=O)(=O)O. The molecule has 0 aliphatic rings. The molecule has 0 saturated carbocycles. The summed E-state index contributed by atoms with van der Waals surface area (Å²) in [6.45, 7) is 3.72. The summed E-state index contributed by atoms with van der Waals surface area (Å²) >= 11 is 0. The normalized spacial score (nSPS) is 13.1. The molecule has 1 rings (SSSR count). The predicted molar refractivity (Wildman–Crippen MR) is 62.9 cm³/mol. The summed E-state index contributed by atoms with van der Waals surface area (Å²) in [4.78, 5) is -0.0945. The zero-order valence-electron chi connectivity index (χ0n) is 9.27. The van der Waals surface area contributed by atoms with E-state index in [1.54, 1.807) is 12.1 Å². The molecule has 1 aromatic rings. The number of hydrogen-bond acceptors (Lipinski definition) is 2. The summed E-state index contributed by atoms with van der Waals surface area (Å²) in [5, 5.41) is 0. The Balaban J connectivity index is 3.47. The van der Waals surface area contributed by atoms with Crippen LogP contribution >= 0.6 is 0 Å². The van der Waals surface area contributed by atoms with Crippen LogP contribution in [0.15, 0.2) is 23.1 Å². The smallest absolute Gasteiger partial charge is 0.282 e. The Kier molecular flexibility index (Phi) is 3.74. The fraction of sp³-hybridized carbons (Fsp3) is 0.333. The van der Waals surface area contributed by atoms with Crippen molar-refractivity contribution in [1.29, 1.82) is 0 Å². The summed E-state index contributed by atoms with van der Waals surface area (Å²) in [5.41, 5.74) is 1.41. The molecule has 1 unspecified atom stereocenters. The highest BCUT2D eigenvalue weighted by Crippen LogP contribution is 2.27. The first-order valence-electron chi connectivity index (χ1n) is 4.94. The van der Waals surface area contributed by atoms with Gasteiger partial charge in [-0.2, -0.15) is 8.42 Å². The molecule has 86 valence electrons. The van der Waals surface area contributed by atoms with Gasteiger partial charge in [0.1, 0.15) is 0 Å². The van der Waals surface area contributed by atoms with Crippen LogP contribution in [0.2, 0.25) is 0 Å². The minimum absolute atomic E-state index is 0.0945. The maximum absolute atomic E-state index is 11.2. The van der Waals surface area contributed by atoms with Crippen LogP contribution < -0.4 is 0 Å². The van der Waals surface area contributed by atoms with Crippen molar-refractivity contribution in [2.24, 2.45) is 0 Å². The largest absolute Gasteiger partial charge is 0.294 e. The van der Waals surface area contributed by atoms with Crippen molar-refractivity contribution < 1.29 is 13.0 Å². The molecule has 0 heterocycles. The molecule has 0 aliphatic carbocycles. The Morgan fingerprint density at radius 2 is 2.12 bits per heavy atom. The van der Waals surface area contributed by atoms with Gasteiger partial charge in [-0.1, -0.05) is 30.5 Å². The van der Waals surface area contributed by atoms with Crippen molar-refractivity contribution in [2.75, 3.05) is 0 Å². The number of benzene rings is 1. The third-order valence-electron chi connectivity index (χ3n) is 2.43. The van der Waals surface area contributed by atoms with E-state index >= 15 is 0 Å². The Morgan fingerprint density at radius 3 is 2.56 bits per heavy atom. The summed E-state index contributed by atoms with van der Waals surface area (Å²) < 4.78 is 31.5. The molecule has 0 aromatic heterocycles. The van der Waals surface area contributed by atoms with Gasteiger partial charge < -0.3 is 0 Å². The molecule has 0 bridgehead atoms. The number of rotatable bonds is 3. The molecule has 16 heavy (non-hydrogen) atoms. The van der Waals surface area contributed by atoms with Crippen molar-refractivity contribution in [3.05, 3.63) is 29.3 Å². The maximum atomic E-state index is 11.2. The van der Waals surface area contributed by atoms with Crippen molar-refractivity contribution in [3.63, 3.8) is 0 Å². The lowest BCUT2D eigenvalue weighted by Crippen LogP contribution is -2.06. The minimum Gasteiger partial charge on any atom is -0.282 e. The van der Waals surface area contributed by atoms with Gasteiger partial charge in [0.25, 0.3) is 10.1 Å². The molecule has 0 radical (unpaired) electrons. The van der Waals surface area contributed by atoms with Crippen LogP contribution in [0.4, 0.5) is 0 Å². The Bertz CT molecular complexity index is 524. The second-order valence-corrected chi connectivity index (χ2v) is 5.03. The molecule has 0 fully saturated rings. The molecule has 1 N–H and O–H groups in total. The molecular formula is C12H14O3S. The van der Waals surface area contributed by atoms with Crippen LogP contribution in [0.5, 0.6) is 0 Å². The van der Waals surface area contributed by atoms with Crippen LogP contribution in [0.1, 0.15) is 30.4 Å². The maximum Gasteiger partial charge on any atom is 0.294 e. The van der Waals surface area contributed by atoms with Gasteiger partial charge >= 0.3 is 0 Å². The highest BCUT2D eigenvalue weighted by molar-refractivity contribution is 7.85. The van der Waals surface area contributed by atoms with Gasteiger partial charge in [-0.3, -0.25) is 4.55 Å². The summed E-state index contributed by atoms with van der Waals surface area (Å²) in [7, 11) is -4.21. The van der Waals surface area contributed by atoms with Crippen molar-refractivity contribution in [1.82, 2.24) is 0 Å². The first-order chi connectivity index (χ1) is 7.40. The Labute approximate surface area is 96.2 Å². The first kappa shape index (κ1) is 12.8. The zero-order valence-corrected chi connectivity index (χ0v) is 10.1. The van der Waals surface area contributed by atoms with Gasteiger partial charge in [0.2, 0.25) is 0 Å². The van der Waals surface area contributed by atoms with E-state index in [4.69, 9.17) is 11.0 Å². The van der Waals surface area contributed by atoms with Gasteiger partial charge in [-0.25, -0.2) is 0 Å². The van der Waals surface area contributed by atoms with Crippen LogP contribution in [0.25, 0.3) is 0 Å². The monoisotopic (exact) mass is 238 g/mol. The molecular weight excluding hydrogens is 224 g/mol. The van der Waals surface area contributed by atoms with Crippen molar-refractivity contribution in [2.45, 2.75) is 31.1 Å². The summed E-state index contributed by atoms with van der Waals surface area (Å²) in [6, 6.07) is 4.73. The predicted octanol–water partition coefficient (Wildman–Crippen LogP) is 2.37. The van der Waals surface area contributed by atoms with Crippen molar-refractivity contribution >= 4 is 10.1 Å². The number of hydrogen-bond donors (Lipinski definition) is 1. The molecule has 4 heteroatoms. The number of aryl methyl sites for hydroxylation is 1. The van der Waals surface area contributed by atoms with Crippen LogP contribution in [0, 0.1) is 19.3 Å². The summed E-state index contributed by atoms with van der Waals surface area (Å²) in [5.74, 6) is 2.24. The van der Waals surface area contributed by atoms with Gasteiger partial charge in [0.05, 0.1) is 4.90 Å². The molecule has 1 atom stereocenters. The van der Waals surface area contributed by atoms with Crippen LogP contribution in [-0.2, 0) is 10.1 Å². The third-order valence-corrected chi connectivity index (χ3v) is 3.36. The van der Waals surface area contributed by atoms with Crippen LogP contribution in [-0.4, -0.2) is 13.0 Å². The van der Waals surface area contributed by atoms with E-state index in [1.807, 2.05) is 13.8 Å². The van der Waals surface area contributed by atoms with Gasteiger partial charge in [-0.15, -0.1) is 6.42 Å². The molecule has 1 aromatic carbocycles. The lowest BCUT2D eigenvalue weighted by atomic mass is 9.96. The molecule has 0 spiro atoms. The highest BCUT2D eigenvalue weighted by atomic mass is 32.2. The second kappa shape index (κ2) is 4.69.